The first-order chi connectivity index (χ1) is 11.0. The standard InChI is InChI=1S/C15H21ClIN3O3/c1-11(15(17)22)23-9-4-14(21)20-7-5-19(6-8-20)13-3-2-12(16)10-18-13/h2-3,10-11,15,22H,4-9H2,1H3. The average Bonchev–Trinajstić information content (AvgIpc) is 2.55. The number of hydrogen-bond donors (Lipinski definition) is 1. The van der Waals surface area contributed by atoms with E-state index in [4.69, 9.17) is 16.3 Å². The average molecular weight is 454 g/mol. The van der Waals surface area contributed by atoms with Gasteiger partial charge in [-0.1, -0.05) is 11.6 Å². The van der Waals surface area contributed by atoms with Gasteiger partial charge in [0.2, 0.25) is 5.91 Å². The number of anilines is 1. The van der Waals surface area contributed by atoms with Crippen LogP contribution in [0.3, 0.4) is 0 Å². The molecule has 1 aliphatic heterocycles. The predicted molar refractivity (Wildman–Crippen MR) is 98.1 cm³/mol. The van der Waals surface area contributed by atoms with Crippen molar-refractivity contribution in [2.45, 2.75) is 23.6 Å². The van der Waals surface area contributed by atoms with Crippen molar-refractivity contribution >= 4 is 45.9 Å². The van der Waals surface area contributed by atoms with Crippen molar-refractivity contribution in [1.29, 1.82) is 0 Å². The number of aliphatic hydroxyl groups excluding tert-OH is 1. The van der Waals surface area contributed by atoms with E-state index in [0.717, 1.165) is 18.9 Å². The van der Waals surface area contributed by atoms with E-state index < -0.39 is 4.11 Å². The monoisotopic (exact) mass is 453 g/mol. The zero-order valence-corrected chi connectivity index (χ0v) is 15.9. The molecule has 8 heteroatoms. The Hall–Kier alpha value is -0.640. The van der Waals surface area contributed by atoms with Crippen LogP contribution in [0.2, 0.25) is 5.02 Å². The Bertz CT molecular complexity index is 507. The van der Waals surface area contributed by atoms with E-state index in [1.54, 1.807) is 13.1 Å². The molecule has 0 bridgehead atoms. The van der Waals surface area contributed by atoms with Gasteiger partial charge in [0.1, 0.15) is 9.93 Å². The normalized spacial score (nSPS) is 17.9. The molecule has 1 amide bonds. The fraction of sp³-hybridized carbons (Fsp3) is 0.600. The van der Waals surface area contributed by atoms with Gasteiger partial charge in [-0.05, 0) is 41.6 Å². The highest BCUT2D eigenvalue weighted by molar-refractivity contribution is 14.1. The summed E-state index contributed by atoms with van der Waals surface area (Å²) in [6.07, 6.45) is 1.71. The van der Waals surface area contributed by atoms with Gasteiger partial charge in [0.05, 0.1) is 24.2 Å². The highest BCUT2D eigenvalue weighted by Crippen LogP contribution is 2.16. The highest BCUT2D eigenvalue weighted by Gasteiger charge is 2.22. The summed E-state index contributed by atoms with van der Waals surface area (Å²) in [6.45, 7) is 4.98. The minimum atomic E-state index is -0.557. The van der Waals surface area contributed by atoms with Crippen molar-refractivity contribution < 1.29 is 14.6 Å². The SMILES string of the molecule is CC(OCCC(=O)N1CCN(c2ccc(Cl)cn2)CC1)C(O)I. The molecule has 2 atom stereocenters. The highest BCUT2D eigenvalue weighted by atomic mass is 127. The van der Waals surface area contributed by atoms with Crippen molar-refractivity contribution in [2.24, 2.45) is 0 Å². The molecule has 1 aromatic heterocycles. The van der Waals surface area contributed by atoms with Crippen LogP contribution in [0.5, 0.6) is 0 Å². The summed E-state index contributed by atoms with van der Waals surface area (Å²) < 4.78 is 4.87. The van der Waals surface area contributed by atoms with Crippen LogP contribution in [-0.4, -0.2) is 63.9 Å². The fourth-order valence-corrected chi connectivity index (χ4v) is 2.63. The molecule has 1 saturated heterocycles. The molecule has 1 fully saturated rings. The Kier molecular flexibility index (Phi) is 7.32. The van der Waals surface area contributed by atoms with Gasteiger partial charge >= 0.3 is 0 Å². The lowest BCUT2D eigenvalue weighted by Crippen LogP contribution is -2.49. The minimum Gasteiger partial charge on any atom is -0.380 e. The molecule has 1 aromatic rings. The van der Waals surface area contributed by atoms with Gasteiger partial charge in [0, 0.05) is 32.4 Å². The molecular formula is C15H21ClIN3O3. The number of halogens is 2. The molecular weight excluding hydrogens is 433 g/mol. The van der Waals surface area contributed by atoms with E-state index in [2.05, 4.69) is 9.88 Å². The van der Waals surface area contributed by atoms with Crippen molar-refractivity contribution in [3.8, 4) is 0 Å². The lowest BCUT2D eigenvalue weighted by molar-refractivity contribution is -0.133. The number of carbonyl (C=O) groups is 1. The quantitative estimate of drug-likeness (QED) is 0.527. The second-order valence-corrected chi connectivity index (χ2v) is 7.11. The summed E-state index contributed by atoms with van der Waals surface area (Å²) >= 11 is 7.74. The smallest absolute Gasteiger partial charge is 0.225 e. The number of ether oxygens (including phenoxy) is 1. The molecule has 2 unspecified atom stereocenters. The van der Waals surface area contributed by atoms with Crippen molar-refractivity contribution in [2.75, 3.05) is 37.7 Å². The van der Waals surface area contributed by atoms with Crippen LogP contribution in [0.4, 0.5) is 5.82 Å². The second-order valence-electron chi connectivity index (χ2n) is 5.40. The third kappa shape index (κ3) is 5.74. The number of piperazine rings is 1. The fourth-order valence-electron chi connectivity index (χ4n) is 2.31. The third-order valence-corrected chi connectivity index (χ3v) is 4.99. The maximum atomic E-state index is 12.2. The van der Waals surface area contributed by atoms with Crippen molar-refractivity contribution in [1.82, 2.24) is 9.88 Å². The van der Waals surface area contributed by atoms with Crippen LogP contribution in [0.15, 0.2) is 18.3 Å². The lowest BCUT2D eigenvalue weighted by atomic mass is 10.2. The zero-order valence-electron chi connectivity index (χ0n) is 13.0. The molecule has 1 aliphatic rings. The Morgan fingerprint density at radius 2 is 2.13 bits per heavy atom. The van der Waals surface area contributed by atoms with Crippen molar-refractivity contribution in [3.63, 3.8) is 0 Å². The summed E-state index contributed by atoms with van der Waals surface area (Å²) in [7, 11) is 0. The van der Waals surface area contributed by atoms with Gasteiger partial charge < -0.3 is 19.6 Å². The first kappa shape index (κ1) is 18.7. The van der Waals surface area contributed by atoms with Gasteiger partial charge in [-0.3, -0.25) is 4.79 Å². The molecule has 0 aromatic carbocycles. The number of pyridine rings is 1. The molecule has 0 saturated carbocycles. The number of amides is 1. The van der Waals surface area contributed by atoms with Crippen LogP contribution >= 0.6 is 34.2 Å². The topological polar surface area (TPSA) is 65.9 Å². The molecule has 23 heavy (non-hydrogen) atoms. The molecule has 2 rings (SSSR count). The van der Waals surface area contributed by atoms with Gasteiger partial charge in [0.15, 0.2) is 0 Å². The van der Waals surface area contributed by atoms with Gasteiger partial charge in [-0.2, -0.15) is 0 Å². The predicted octanol–water partition coefficient (Wildman–Crippen LogP) is 1.93. The number of aliphatic hydroxyl groups is 1. The summed E-state index contributed by atoms with van der Waals surface area (Å²) in [6, 6.07) is 3.71. The largest absolute Gasteiger partial charge is 0.380 e. The maximum Gasteiger partial charge on any atom is 0.225 e. The molecule has 0 spiro atoms. The Morgan fingerprint density at radius 3 is 2.70 bits per heavy atom. The summed E-state index contributed by atoms with van der Waals surface area (Å²) in [5.41, 5.74) is 0. The molecule has 2 heterocycles. The Morgan fingerprint density at radius 1 is 1.43 bits per heavy atom. The van der Waals surface area contributed by atoms with E-state index in [1.807, 2.05) is 39.6 Å². The lowest BCUT2D eigenvalue weighted by Gasteiger charge is -2.35. The zero-order chi connectivity index (χ0) is 16.8. The number of aromatic nitrogens is 1. The van der Waals surface area contributed by atoms with E-state index in [-0.39, 0.29) is 12.0 Å². The maximum absolute atomic E-state index is 12.2. The van der Waals surface area contributed by atoms with E-state index in [0.29, 0.717) is 31.1 Å². The molecule has 1 N–H and O–H groups in total. The summed E-state index contributed by atoms with van der Waals surface area (Å²) in [5, 5.41) is 9.95. The van der Waals surface area contributed by atoms with Crippen molar-refractivity contribution in [3.05, 3.63) is 23.4 Å². The van der Waals surface area contributed by atoms with E-state index in [1.165, 1.54) is 0 Å². The van der Waals surface area contributed by atoms with Gasteiger partial charge in [-0.25, -0.2) is 4.98 Å². The third-order valence-electron chi connectivity index (χ3n) is 3.75. The van der Waals surface area contributed by atoms with E-state index >= 15 is 0 Å². The molecule has 6 nitrogen and oxygen atoms in total. The van der Waals surface area contributed by atoms with E-state index in [9.17, 15) is 9.90 Å². The first-order valence-corrected chi connectivity index (χ1v) is 9.18. The van der Waals surface area contributed by atoms with Crippen LogP contribution in [-0.2, 0) is 9.53 Å². The molecule has 0 aliphatic carbocycles. The van der Waals surface area contributed by atoms with Crippen LogP contribution in [0, 0.1) is 0 Å². The first-order valence-electron chi connectivity index (χ1n) is 7.55. The number of nitrogens with zero attached hydrogens (tertiary/aromatic N) is 3. The summed E-state index contributed by atoms with van der Waals surface area (Å²) in [4.78, 5) is 20.5. The Balaban J connectivity index is 1.73. The number of carbonyl (C=O) groups excluding carboxylic acids is 1. The van der Waals surface area contributed by atoms with Crippen LogP contribution in [0.25, 0.3) is 0 Å². The summed E-state index contributed by atoms with van der Waals surface area (Å²) in [5.74, 6) is 0.971. The van der Waals surface area contributed by atoms with Crippen LogP contribution in [0.1, 0.15) is 13.3 Å². The Labute approximate surface area is 154 Å². The van der Waals surface area contributed by atoms with Crippen LogP contribution < -0.4 is 4.90 Å². The second kappa shape index (κ2) is 9.00. The van der Waals surface area contributed by atoms with Gasteiger partial charge in [0.25, 0.3) is 0 Å². The van der Waals surface area contributed by atoms with Gasteiger partial charge in [-0.15, -0.1) is 0 Å². The minimum absolute atomic E-state index is 0.0869. The number of hydrogen-bond acceptors (Lipinski definition) is 5. The molecule has 0 radical (unpaired) electrons. The molecule has 128 valence electrons. The number of alkyl halides is 1. The number of rotatable bonds is 6.